The Balaban J connectivity index is 2.04. The van der Waals surface area contributed by atoms with Crippen molar-refractivity contribution in [2.75, 3.05) is 33.3 Å². The van der Waals surface area contributed by atoms with E-state index in [2.05, 4.69) is 0 Å². The van der Waals surface area contributed by atoms with Gasteiger partial charge in [-0.05, 0) is 42.5 Å². The minimum Gasteiger partial charge on any atom is -0.492 e. The first-order valence-corrected chi connectivity index (χ1v) is 10.5. The predicted molar refractivity (Wildman–Crippen MR) is 105 cm³/mol. The summed E-state index contributed by atoms with van der Waals surface area (Å²) in [6.07, 6.45) is 0. The first-order chi connectivity index (χ1) is 13.3. The van der Waals surface area contributed by atoms with Crippen molar-refractivity contribution in [2.24, 2.45) is 0 Å². The van der Waals surface area contributed by atoms with Crippen molar-refractivity contribution in [3.8, 4) is 5.75 Å². The van der Waals surface area contributed by atoms with Crippen LogP contribution < -0.4 is 4.74 Å². The van der Waals surface area contributed by atoms with Crippen molar-refractivity contribution in [3.63, 3.8) is 0 Å². The molecule has 0 aliphatic carbocycles. The number of carbonyl (C=O) groups excluding carboxylic acids is 1. The molecule has 0 aromatic heterocycles. The highest BCUT2D eigenvalue weighted by molar-refractivity contribution is 7.89. The Kier molecular flexibility index (Phi) is 7.53. The number of likely N-dealkylation sites (N-methyl/N-ethyl adjacent to an activating group) is 1. The zero-order chi connectivity index (χ0) is 20.7. The van der Waals surface area contributed by atoms with Crippen molar-refractivity contribution in [1.29, 1.82) is 0 Å². The normalized spacial score (nSPS) is 11.5. The highest BCUT2D eigenvalue weighted by Gasteiger charge is 2.23. The maximum Gasteiger partial charge on any atom is 0.253 e. The van der Waals surface area contributed by atoms with Crippen molar-refractivity contribution in [3.05, 3.63) is 59.9 Å². The van der Waals surface area contributed by atoms with Gasteiger partial charge in [0, 0.05) is 25.7 Å². The smallest absolute Gasteiger partial charge is 0.253 e. The molecule has 152 valence electrons. The third-order valence-electron chi connectivity index (χ3n) is 4.28. The minimum atomic E-state index is -3.63. The molecule has 0 unspecified atom stereocenters. The number of rotatable bonds is 9. The summed E-state index contributed by atoms with van der Waals surface area (Å²) < 4.78 is 45.0. The molecule has 6 nitrogen and oxygen atoms in total. The molecule has 0 radical (unpaired) electrons. The van der Waals surface area contributed by atoms with Crippen molar-refractivity contribution < 1.29 is 22.3 Å². The Bertz CT molecular complexity index is 897. The topological polar surface area (TPSA) is 66.9 Å². The number of benzene rings is 2. The van der Waals surface area contributed by atoms with Crippen LogP contribution in [0.4, 0.5) is 4.39 Å². The van der Waals surface area contributed by atoms with Gasteiger partial charge in [-0.1, -0.05) is 19.9 Å². The fourth-order valence-corrected chi connectivity index (χ4v) is 4.16. The Morgan fingerprint density at radius 3 is 2.32 bits per heavy atom. The van der Waals surface area contributed by atoms with Crippen LogP contribution in [0.3, 0.4) is 0 Å². The average Bonchev–Trinajstić information content (AvgIpc) is 2.69. The maximum atomic E-state index is 12.9. The van der Waals surface area contributed by atoms with E-state index in [9.17, 15) is 17.6 Å². The van der Waals surface area contributed by atoms with Gasteiger partial charge in [0.25, 0.3) is 5.91 Å². The van der Waals surface area contributed by atoms with Crippen LogP contribution in [-0.4, -0.2) is 56.8 Å². The van der Waals surface area contributed by atoms with E-state index in [1.165, 1.54) is 45.6 Å². The van der Waals surface area contributed by atoms with E-state index in [-0.39, 0.29) is 28.8 Å². The van der Waals surface area contributed by atoms with Gasteiger partial charge < -0.3 is 9.64 Å². The number of nitrogens with zero attached hydrogens (tertiary/aromatic N) is 2. The molecule has 0 fully saturated rings. The van der Waals surface area contributed by atoms with E-state index in [1.54, 1.807) is 33.0 Å². The van der Waals surface area contributed by atoms with Crippen LogP contribution in [0.1, 0.15) is 24.2 Å². The van der Waals surface area contributed by atoms with E-state index in [4.69, 9.17) is 4.74 Å². The molecule has 2 aromatic carbocycles. The van der Waals surface area contributed by atoms with E-state index < -0.39 is 10.0 Å². The summed E-state index contributed by atoms with van der Waals surface area (Å²) in [7, 11) is -2.02. The second-order valence-corrected chi connectivity index (χ2v) is 8.08. The van der Waals surface area contributed by atoms with Gasteiger partial charge in [-0.15, -0.1) is 0 Å². The number of hydrogen-bond donors (Lipinski definition) is 0. The average molecular weight is 408 g/mol. The predicted octanol–water partition coefficient (Wildman–Crippen LogP) is 3.01. The lowest BCUT2D eigenvalue weighted by atomic mass is 10.2. The highest BCUT2D eigenvalue weighted by atomic mass is 32.2. The first-order valence-electron chi connectivity index (χ1n) is 9.03. The molecule has 0 aliphatic rings. The number of hydrogen-bond acceptors (Lipinski definition) is 4. The van der Waals surface area contributed by atoms with Crippen molar-refractivity contribution >= 4 is 15.9 Å². The van der Waals surface area contributed by atoms with Crippen LogP contribution in [0.15, 0.2) is 53.4 Å². The lowest BCUT2D eigenvalue weighted by Crippen LogP contribution is -2.32. The van der Waals surface area contributed by atoms with Crippen LogP contribution in [-0.2, 0) is 10.0 Å². The summed E-state index contributed by atoms with van der Waals surface area (Å²) in [5.74, 6) is -0.145. The highest BCUT2D eigenvalue weighted by Crippen LogP contribution is 2.18. The summed E-state index contributed by atoms with van der Waals surface area (Å²) in [6.45, 7) is 4.78. The quantitative estimate of drug-likeness (QED) is 0.640. The van der Waals surface area contributed by atoms with Crippen LogP contribution in [0, 0.1) is 5.82 Å². The summed E-state index contributed by atoms with van der Waals surface area (Å²) in [5, 5.41) is 0. The molecule has 0 spiro atoms. The molecule has 1 amide bonds. The second kappa shape index (κ2) is 9.66. The Morgan fingerprint density at radius 1 is 1.07 bits per heavy atom. The van der Waals surface area contributed by atoms with Gasteiger partial charge in [0.2, 0.25) is 10.0 Å². The number of sulfonamides is 1. The number of ether oxygens (including phenoxy) is 1. The molecule has 28 heavy (non-hydrogen) atoms. The van der Waals surface area contributed by atoms with Crippen LogP contribution in [0.25, 0.3) is 0 Å². The van der Waals surface area contributed by atoms with Crippen molar-refractivity contribution in [1.82, 2.24) is 9.21 Å². The van der Waals surface area contributed by atoms with Gasteiger partial charge in [0.15, 0.2) is 0 Å². The zero-order valence-corrected chi connectivity index (χ0v) is 17.1. The lowest BCUT2D eigenvalue weighted by molar-refractivity contribution is 0.0773. The van der Waals surface area contributed by atoms with Gasteiger partial charge >= 0.3 is 0 Å². The molecular weight excluding hydrogens is 383 g/mol. The number of halogens is 1. The van der Waals surface area contributed by atoms with E-state index in [1.807, 2.05) is 0 Å². The third kappa shape index (κ3) is 5.30. The summed E-state index contributed by atoms with van der Waals surface area (Å²) in [5.41, 5.74) is 0.289. The number of carbonyl (C=O) groups is 1. The summed E-state index contributed by atoms with van der Waals surface area (Å²) in [6, 6.07) is 11.7. The largest absolute Gasteiger partial charge is 0.492 e. The van der Waals surface area contributed by atoms with Gasteiger partial charge in [-0.25, -0.2) is 12.8 Å². The van der Waals surface area contributed by atoms with E-state index in [0.717, 1.165) is 0 Å². The molecule has 0 N–H and O–H groups in total. The van der Waals surface area contributed by atoms with Gasteiger partial charge in [0.1, 0.15) is 18.2 Å². The fourth-order valence-electron chi connectivity index (χ4n) is 2.66. The molecule has 0 atom stereocenters. The molecular formula is C20H25FN2O4S. The molecule has 8 heteroatoms. The van der Waals surface area contributed by atoms with Gasteiger partial charge in [-0.3, -0.25) is 4.79 Å². The molecule has 2 aromatic rings. The molecule has 0 saturated heterocycles. The Labute approximate surface area is 165 Å². The monoisotopic (exact) mass is 408 g/mol. The minimum absolute atomic E-state index is 0.0954. The third-order valence-corrected chi connectivity index (χ3v) is 6.33. The van der Waals surface area contributed by atoms with E-state index in [0.29, 0.717) is 25.4 Å². The van der Waals surface area contributed by atoms with Crippen molar-refractivity contribution in [2.45, 2.75) is 18.7 Å². The maximum absolute atomic E-state index is 12.9. The van der Waals surface area contributed by atoms with Crippen LogP contribution in [0.5, 0.6) is 5.75 Å². The number of amides is 1. The summed E-state index contributed by atoms with van der Waals surface area (Å²) >= 11 is 0. The molecule has 0 aliphatic heterocycles. The molecule has 0 saturated carbocycles. The second-order valence-electron chi connectivity index (χ2n) is 6.15. The van der Waals surface area contributed by atoms with Gasteiger partial charge in [-0.2, -0.15) is 4.31 Å². The Hall–Kier alpha value is -2.45. The fraction of sp³-hybridized carbons (Fsp3) is 0.350. The first kappa shape index (κ1) is 21.8. The summed E-state index contributed by atoms with van der Waals surface area (Å²) in [4.78, 5) is 14.2. The van der Waals surface area contributed by atoms with Gasteiger partial charge in [0.05, 0.1) is 11.4 Å². The lowest BCUT2D eigenvalue weighted by Gasteiger charge is -2.20. The molecule has 0 bridgehead atoms. The Morgan fingerprint density at radius 2 is 1.71 bits per heavy atom. The molecule has 0 heterocycles. The standard InChI is InChI=1S/C20H25FN2O4S/c1-4-23(5-2)28(25,26)19-8-6-7-16(15-19)20(24)22(3)13-14-27-18-11-9-17(21)10-12-18/h6-12,15H,4-5,13-14H2,1-3H3. The zero-order valence-electron chi connectivity index (χ0n) is 16.3. The van der Waals surface area contributed by atoms with E-state index >= 15 is 0 Å². The van der Waals surface area contributed by atoms with Crippen LogP contribution in [0.2, 0.25) is 0 Å². The SMILES string of the molecule is CCN(CC)S(=O)(=O)c1cccc(C(=O)N(C)CCOc2ccc(F)cc2)c1. The van der Waals surface area contributed by atoms with Crippen LogP contribution >= 0.6 is 0 Å². The molecule has 2 rings (SSSR count).